The molecule has 2 amide bonds. The number of halogens is 1. The zero-order chi connectivity index (χ0) is 20.8. The van der Waals surface area contributed by atoms with Crippen molar-refractivity contribution in [1.82, 2.24) is 10.3 Å². The van der Waals surface area contributed by atoms with Crippen LogP contribution in [0.1, 0.15) is 23.7 Å². The van der Waals surface area contributed by atoms with Crippen molar-refractivity contribution >= 4 is 51.8 Å². The van der Waals surface area contributed by atoms with Crippen LogP contribution in [0.25, 0.3) is 10.9 Å². The van der Waals surface area contributed by atoms with Crippen LogP contribution in [0.4, 0.5) is 5.69 Å². The second kappa shape index (κ2) is 7.43. The molecule has 1 aromatic heterocycles. The van der Waals surface area contributed by atoms with Crippen LogP contribution in [0.2, 0.25) is 5.02 Å². The molecule has 7 heteroatoms. The molecule has 0 saturated heterocycles. The molecule has 29 heavy (non-hydrogen) atoms. The average Bonchev–Trinajstić information content (AvgIpc) is 3.03. The SMILES string of the molecule is Cc1[nH]c2c(C)ccc(Cl)c2c1CCNC(=O)C1(C)Sc2ccccc2NC1=O. The number of nitrogens with one attached hydrogen (secondary N) is 3. The zero-order valence-corrected chi connectivity index (χ0v) is 18.1. The van der Waals surface area contributed by atoms with E-state index in [-0.39, 0.29) is 11.8 Å². The van der Waals surface area contributed by atoms with E-state index in [1.807, 2.05) is 50.2 Å². The first-order valence-electron chi connectivity index (χ1n) is 9.45. The van der Waals surface area contributed by atoms with Gasteiger partial charge in [-0.3, -0.25) is 9.59 Å². The lowest BCUT2D eigenvalue weighted by Crippen LogP contribution is -2.52. The molecule has 1 unspecified atom stereocenters. The number of carbonyl (C=O) groups is 2. The van der Waals surface area contributed by atoms with Crippen molar-refractivity contribution in [2.24, 2.45) is 0 Å². The zero-order valence-electron chi connectivity index (χ0n) is 16.5. The topological polar surface area (TPSA) is 74.0 Å². The van der Waals surface area contributed by atoms with E-state index >= 15 is 0 Å². The summed E-state index contributed by atoms with van der Waals surface area (Å²) in [5, 5.41) is 7.48. The Balaban J connectivity index is 1.50. The number of para-hydroxylation sites is 1. The fourth-order valence-corrected chi connectivity index (χ4v) is 5.08. The molecular formula is C22H22ClN3O2S. The fraction of sp³-hybridized carbons (Fsp3) is 0.273. The van der Waals surface area contributed by atoms with Gasteiger partial charge < -0.3 is 15.6 Å². The summed E-state index contributed by atoms with van der Waals surface area (Å²) in [7, 11) is 0. The van der Waals surface area contributed by atoms with Gasteiger partial charge in [0.15, 0.2) is 4.75 Å². The largest absolute Gasteiger partial charge is 0.358 e. The predicted octanol–water partition coefficient (Wildman–Crippen LogP) is 4.60. The van der Waals surface area contributed by atoms with Gasteiger partial charge in [-0.2, -0.15) is 0 Å². The maximum Gasteiger partial charge on any atom is 0.250 e. The van der Waals surface area contributed by atoms with Gasteiger partial charge in [-0.05, 0) is 56.5 Å². The molecule has 0 fully saturated rings. The molecule has 3 N–H and O–H groups in total. The number of amides is 2. The summed E-state index contributed by atoms with van der Waals surface area (Å²) in [4.78, 5) is 29.8. The van der Waals surface area contributed by atoms with Gasteiger partial charge in [0.2, 0.25) is 11.8 Å². The summed E-state index contributed by atoms with van der Waals surface area (Å²) in [6, 6.07) is 11.4. The lowest BCUT2D eigenvalue weighted by molar-refractivity contribution is -0.129. The van der Waals surface area contributed by atoms with Gasteiger partial charge in [0.1, 0.15) is 0 Å². The van der Waals surface area contributed by atoms with E-state index in [9.17, 15) is 9.59 Å². The number of anilines is 1. The highest BCUT2D eigenvalue weighted by Gasteiger charge is 2.45. The summed E-state index contributed by atoms with van der Waals surface area (Å²) < 4.78 is -1.21. The van der Waals surface area contributed by atoms with Gasteiger partial charge in [0, 0.05) is 22.5 Å². The second-order valence-corrected chi connectivity index (χ2v) is 9.30. The lowest BCUT2D eigenvalue weighted by Gasteiger charge is -2.31. The number of hydrogen-bond acceptors (Lipinski definition) is 3. The van der Waals surface area contributed by atoms with Crippen LogP contribution >= 0.6 is 23.4 Å². The van der Waals surface area contributed by atoms with Gasteiger partial charge in [-0.25, -0.2) is 0 Å². The van der Waals surface area contributed by atoms with Gasteiger partial charge in [0.05, 0.1) is 16.2 Å². The monoisotopic (exact) mass is 427 g/mol. The van der Waals surface area contributed by atoms with E-state index in [0.29, 0.717) is 18.0 Å². The average molecular weight is 428 g/mol. The second-order valence-electron chi connectivity index (χ2n) is 7.43. The van der Waals surface area contributed by atoms with Crippen molar-refractivity contribution in [3.63, 3.8) is 0 Å². The van der Waals surface area contributed by atoms with Crippen LogP contribution in [0.5, 0.6) is 0 Å². The Hall–Kier alpha value is -2.44. The number of fused-ring (bicyclic) bond motifs is 2. The van der Waals surface area contributed by atoms with E-state index in [0.717, 1.165) is 38.3 Å². The van der Waals surface area contributed by atoms with Crippen LogP contribution in [0.15, 0.2) is 41.3 Å². The fourth-order valence-electron chi connectivity index (χ4n) is 3.69. The van der Waals surface area contributed by atoms with Gasteiger partial charge in [0.25, 0.3) is 0 Å². The molecule has 1 atom stereocenters. The number of aryl methyl sites for hydroxylation is 2. The van der Waals surface area contributed by atoms with Crippen LogP contribution < -0.4 is 10.6 Å². The van der Waals surface area contributed by atoms with Crippen LogP contribution in [0, 0.1) is 13.8 Å². The molecule has 150 valence electrons. The Morgan fingerprint density at radius 3 is 2.76 bits per heavy atom. The van der Waals surface area contributed by atoms with Crippen molar-refractivity contribution in [2.45, 2.75) is 36.8 Å². The molecule has 1 aliphatic heterocycles. The summed E-state index contributed by atoms with van der Waals surface area (Å²) in [5.74, 6) is -0.602. The molecule has 0 aliphatic carbocycles. The van der Waals surface area contributed by atoms with E-state index in [2.05, 4.69) is 15.6 Å². The number of thioether (sulfide) groups is 1. The molecule has 1 aliphatic rings. The molecule has 0 radical (unpaired) electrons. The third-order valence-corrected chi connectivity index (χ3v) is 7.08. The number of aromatic amines is 1. The predicted molar refractivity (Wildman–Crippen MR) is 119 cm³/mol. The minimum atomic E-state index is -1.21. The summed E-state index contributed by atoms with van der Waals surface area (Å²) >= 11 is 7.72. The molecule has 3 aromatic rings. The summed E-state index contributed by atoms with van der Waals surface area (Å²) in [6.45, 7) is 6.13. The first-order valence-corrected chi connectivity index (χ1v) is 10.6. The number of carbonyl (C=O) groups excluding carboxylic acids is 2. The smallest absolute Gasteiger partial charge is 0.250 e. The van der Waals surface area contributed by atoms with Gasteiger partial charge in [-0.15, -0.1) is 0 Å². The maximum absolute atomic E-state index is 12.9. The summed E-state index contributed by atoms with van der Waals surface area (Å²) in [6.07, 6.45) is 0.625. The Labute approximate surface area is 178 Å². The Morgan fingerprint density at radius 2 is 1.97 bits per heavy atom. The quantitative estimate of drug-likeness (QED) is 0.533. The van der Waals surface area contributed by atoms with E-state index in [4.69, 9.17) is 11.6 Å². The molecule has 0 spiro atoms. The van der Waals surface area contributed by atoms with Gasteiger partial charge >= 0.3 is 0 Å². The number of H-pyrrole nitrogens is 1. The Morgan fingerprint density at radius 1 is 1.21 bits per heavy atom. The molecule has 2 heterocycles. The highest BCUT2D eigenvalue weighted by Crippen LogP contribution is 2.42. The van der Waals surface area contributed by atoms with Crippen LogP contribution in [0.3, 0.4) is 0 Å². The standard InChI is InChI=1S/C22H22ClN3O2S/c1-12-8-9-15(23)18-14(13(2)25-19(12)18)10-11-24-20(27)22(3)21(28)26-16-6-4-5-7-17(16)29-22/h4-9,25H,10-11H2,1-3H3,(H,24,27)(H,26,28). The van der Waals surface area contributed by atoms with E-state index in [1.54, 1.807) is 6.92 Å². The molecule has 5 nitrogen and oxygen atoms in total. The highest BCUT2D eigenvalue weighted by atomic mass is 35.5. The van der Waals surface area contributed by atoms with Crippen molar-refractivity contribution in [3.8, 4) is 0 Å². The minimum Gasteiger partial charge on any atom is -0.358 e. The van der Waals surface area contributed by atoms with Crippen molar-refractivity contribution in [3.05, 3.63) is 58.2 Å². The Kier molecular flexibility index (Phi) is 5.09. The first-order chi connectivity index (χ1) is 13.8. The normalized spacial score (nSPS) is 18.4. The van der Waals surface area contributed by atoms with Crippen molar-refractivity contribution in [2.75, 3.05) is 11.9 Å². The third kappa shape index (κ3) is 3.40. The minimum absolute atomic E-state index is 0.297. The van der Waals surface area contributed by atoms with Crippen molar-refractivity contribution in [1.29, 1.82) is 0 Å². The summed E-state index contributed by atoms with van der Waals surface area (Å²) in [5.41, 5.74) is 5.03. The van der Waals surface area contributed by atoms with Crippen LogP contribution in [-0.4, -0.2) is 28.1 Å². The highest BCUT2D eigenvalue weighted by molar-refractivity contribution is 8.02. The lowest BCUT2D eigenvalue weighted by atomic mass is 10.0. The van der Waals surface area contributed by atoms with Crippen molar-refractivity contribution < 1.29 is 9.59 Å². The number of aromatic nitrogens is 1. The molecule has 0 bridgehead atoms. The van der Waals surface area contributed by atoms with Gasteiger partial charge in [-0.1, -0.05) is 41.6 Å². The molecular weight excluding hydrogens is 406 g/mol. The van der Waals surface area contributed by atoms with Crippen LogP contribution in [-0.2, 0) is 16.0 Å². The maximum atomic E-state index is 12.9. The van der Waals surface area contributed by atoms with E-state index in [1.165, 1.54) is 11.8 Å². The van der Waals surface area contributed by atoms with E-state index < -0.39 is 4.75 Å². The third-order valence-electron chi connectivity index (χ3n) is 5.41. The molecule has 4 rings (SSSR count). The number of hydrogen-bond donors (Lipinski definition) is 3. The molecule has 0 saturated carbocycles. The number of benzene rings is 2. The number of rotatable bonds is 4. The Bertz CT molecular complexity index is 1140. The molecule has 2 aromatic carbocycles. The first kappa shape index (κ1) is 19.9.